The minimum atomic E-state index is 0.0376. The van der Waals surface area contributed by atoms with Gasteiger partial charge in [-0.05, 0) is 74.9 Å². The Labute approximate surface area is 227 Å². The fraction of sp³-hybridized carbons (Fsp3) is 0.361. The zero-order valence-corrected chi connectivity index (χ0v) is 24.5. The first-order chi connectivity index (χ1) is 17.9. The number of pyridine rings is 1. The molecule has 0 saturated heterocycles. The van der Waals surface area contributed by atoms with Crippen molar-refractivity contribution in [2.45, 2.75) is 73.6 Å². The zero-order valence-electron chi connectivity index (χ0n) is 24.5. The first kappa shape index (κ1) is 24.9. The van der Waals surface area contributed by atoms with Gasteiger partial charge in [0.25, 0.3) is 0 Å². The number of benzene rings is 4. The van der Waals surface area contributed by atoms with Gasteiger partial charge in [-0.2, -0.15) is 0 Å². The van der Waals surface area contributed by atoms with Gasteiger partial charge in [0.05, 0.1) is 10.9 Å². The van der Waals surface area contributed by atoms with Crippen LogP contribution >= 0.6 is 0 Å². The molecule has 1 aliphatic heterocycles. The topological polar surface area (TPSA) is 13.1 Å². The van der Waals surface area contributed by atoms with Gasteiger partial charge in [-0.15, -0.1) is 0 Å². The van der Waals surface area contributed by atoms with Gasteiger partial charge in [-0.3, -0.25) is 0 Å². The summed E-state index contributed by atoms with van der Waals surface area (Å²) >= 11 is 0. The Morgan fingerprint density at radius 2 is 1.58 bits per heavy atom. The summed E-state index contributed by atoms with van der Waals surface area (Å²) in [5.74, 6) is 2.01. The van der Waals surface area contributed by atoms with Crippen LogP contribution < -0.4 is 9.30 Å². The Bertz CT molecular complexity index is 1780. The average Bonchev–Trinajstić information content (AvgIpc) is 2.85. The summed E-state index contributed by atoms with van der Waals surface area (Å²) in [5.41, 5.74) is 8.03. The van der Waals surface area contributed by atoms with Crippen molar-refractivity contribution in [2.75, 3.05) is 0 Å². The lowest BCUT2D eigenvalue weighted by Gasteiger charge is -2.29. The van der Waals surface area contributed by atoms with E-state index in [1.54, 1.807) is 0 Å². The van der Waals surface area contributed by atoms with Crippen LogP contribution in [0, 0.1) is 12.3 Å². The first-order valence-corrected chi connectivity index (χ1v) is 14.0. The molecule has 1 aliphatic rings. The van der Waals surface area contributed by atoms with Crippen molar-refractivity contribution < 1.29 is 9.30 Å². The Morgan fingerprint density at radius 1 is 0.816 bits per heavy atom. The van der Waals surface area contributed by atoms with E-state index in [2.05, 4.69) is 122 Å². The number of nitrogens with zero attached hydrogens (tertiary/aromatic N) is 1. The largest absolute Gasteiger partial charge is 0.455 e. The number of hydrogen-bond donors (Lipinski definition) is 0. The van der Waals surface area contributed by atoms with E-state index in [1.165, 1.54) is 65.8 Å². The summed E-state index contributed by atoms with van der Waals surface area (Å²) in [6.45, 7) is 18.4. The SMILES string of the molecule is CCc1ccc2c(CC(C)(C)C)c3c(c(C)c2c1)-c1c2c(cc4c(C(C)(C)C)cccc4c2cc[n+]1C)O3. The standard InChI is InChI=1S/C36H40NO/c1-10-22-14-15-24-26(18-22)21(2)31-33-32-25(16-17-37(33)9)23-12-11-13-29(36(6,7)8)27(23)19-30(32)38-34(31)28(24)20-35(3,4)5/h11-19H,10,20H2,1-9H3/q+1. The van der Waals surface area contributed by atoms with E-state index in [4.69, 9.17) is 4.74 Å². The monoisotopic (exact) mass is 502 g/mol. The van der Waals surface area contributed by atoms with Crippen molar-refractivity contribution in [1.29, 1.82) is 0 Å². The van der Waals surface area contributed by atoms with Crippen molar-refractivity contribution in [1.82, 2.24) is 0 Å². The Balaban J connectivity index is 1.80. The van der Waals surface area contributed by atoms with Gasteiger partial charge in [0, 0.05) is 17.0 Å². The molecular formula is C36H40NO+. The predicted octanol–water partition coefficient (Wildman–Crippen LogP) is 9.50. The van der Waals surface area contributed by atoms with Crippen molar-refractivity contribution >= 4 is 32.3 Å². The highest BCUT2D eigenvalue weighted by atomic mass is 16.5. The highest BCUT2D eigenvalue weighted by Crippen LogP contribution is 2.53. The number of ether oxygens (including phenoxy) is 1. The van der Waals surface area contributed by atoms with Gasteiger partial charge in [0.1, 0.15) is 18.5 Å². The van der Waals surface area contributed by atoms with Crippen molar-refractivity contribution in [2.24, 2.45) is 12.5 Å². The lowest BCUT2D eigenvalue weighted by molar-refractivity contribution is -0.659. The molecule has 2 nitrogen and oxygen atoms in total. The molecular weight excluding hydrogens is 462 g/mol. The van der Waals surface area contributed by atoms with Crippen molar-refractivity contribution in [3.8, 4) is 22.8 Å². The zero-order chi connectivity index (χ0) is 27.1. The van der Waals surface area contributed by atoms with E-state index in [0.29, 0.717) is 0 Å². The van der Waals surface area contributed by atoms with Gasteiger partial charge in [0.2, 0.25) is 5.69 Å². The summed E-state index contributed by atoms with van der Waals surface area (Å²) in [6.07, 6.45) is 4.22. The molecule has 2 heterocycles. The van der Waals surface area contributed by atoms with Gasteiger partial charge in [-0.25, -0.2) is 4.57 Å². The van der Waals surface area contributed by atoms with Crippen molar-refractivity contribution in [3.63, 3.8) is 0 Å². The number of hydrogen-bond acceptors (Lipinski definition) is 1. The normalized spacial score (nSPS) is 13.3. The van der Waals surface area contributed by atoms with E-state index >= 15 is 0 Å². The van der Waals surface area contributed by atoms with Crippen LogP contribution in [0.25, 0.3) is 43.6 Å². The fourth-order valence-electron chi connectivity index (χ4n) is 6.49. The molecule has 38 heavy (non-hydrogen) atoms. The van der Waals surface area contributed by atoms with E-state index in [9.17, 15) is 0 Å². The fourth-order valence-corrected chi connectivity index (χ4v) is 6.49. The second-order valence-corrected chi connectivity index (χ2v) is 13.5. The smallest absolute Gasteiger partial charge is 0.228 e. The quantitative estimate of drug-likeness (QED) is 0.170. The van der Waals surface area contributed by atoms with Crippen LogP contribution in [0.3, 0.4) is 0 Å². The van der Waals surface area contributed by atoms with Crippen molar-refractivity contribution in [3.05, 3.63) is 77.0 Å². The summed E-state index contributed by atoms with van der Waals surface area (Å²) < 4.78 is 9.39. The molecule has 0 radical (unpaired) electrons. The van der Waals surface area contributed by atoms with Crippen LogP contribution in [-0.4, -0.2) is 0 Å². The van der Waals surface area contributed by atoms with Crippen LogP contribution in [0.5, 0.6) is 11.5 Å². The summed E-state index contributed by atoms with van der Waals surface area (Å²) in [5, 5.41) is 7.74. The minimum absolute atomic E-state index is 0.0376. The summed E-state index contributed by atoms with van der Waals surface area (Å²) in [4.78, 5) is 0. The number of aromatic nitrogens is 1. The van der Waals surface area contributed by atoms with Crippen LogP contribution in [0.4, 0.5) is 0 Å². The van der Waals surface area contributed by atoms with Crippen LogP contribution in [-0.2, 0) is 25.3 Å². The number of aryl methyl sites for hydroxylation is 3. The molecule has 0 aliphatic carbocycles. The Kier molecular flexibility index (Phi) is 5.44. The molecule has 0 amide bonds. The minimum Gasteiger partial charge on any atom is -0.455 e. The third-order valence-electron chi connectivity index (χ3n) is 8.30. The molecule has 4 aromatic carbocycles. The van der Waals surface area contributed by atoms with Crippen LogP contribution in [0.15, 0.2) is 54.7 Å². The number of rotatable bonds is 2. The second-order valence-electron chi connectivity index (χ2n) is 13.5. The molecule has 0 bridgehead atoms. The lowest BCUT2D eigenvalue weighted by Crippen LogP contribution is -2.32. The van der Waals surface area contributed by atoms with Gasteiger partial charge >= 0.3 is 0 Å². The van der Waals surface area contributed by atoms with E-state index in [1.807, 2.05) is 0 Å². The summed E-state index contributed by atoms with van der Waals surface area (Å²) in [7, 11) is 2.18. The number of fused-ring (bicyclic) bond motifs is 5. The molecule has 2 heteroatoms. The Morgan fingerprint density at radius 3 is 2.26 bits per heavy atom. The maximum absolute atomic E-state index is 7.09. The van der Waals surface area contributed by atoms with Crippen LogP contribution in [0.2, 0.25) is 0 Å². The van der Waals surface area contributed by atoms with E-state index in [-0.39, 0.29) is 10.8 Å². The van der Waals surface area contributed by atoms with E-state index in [0.717, 1.165) is 24.3 Å². The molecule has 0 spiro atoms. The molecule has 0 unspecified atom stereocenters. The lowest BCUT2D eigenvalue weighted by atomic mass is 9.80. The molecule has 0 fully saturated rings. The molecule has 0 atom stereocenters. The van der Waals surface area contributed by atoms with Crippen LogP contribution in [0.1, 0.15) is 70.7 Å². The Hall–Kier alpha value is -3.39. The maximum Gasteiger partial charge on any atom is 0.228 e. The predicted molar refractivity (Wildman–Crippen MR) is 162 cm³/mol. The molecule has 5 aromatic rings. The molecule has 6 rings (SSSR count). The third-order valence-corrected chi connectivity index (χ3v) is 8.30. The third kappa shape index (κ3) is 3.72. The molecule has 1 aromatic heterocycles. The maximum atomic E-state index is 7.09. The highest BCUT2D eigenvalue weighted by molar-refractivity contribution is 6.17. The van der Waals surface area contributed by atoms with Gasteiger partial charge in [-0.1, -0.05) is 84.9 Å². The molecule has 194 valence electrons. The second kappa shape index (κ2) is 8.30. The van der Waals surface area contributed by atoms with Gasteiger partial charge < -0.3 is 4.74 Å². The highest BCUT2D eigenvalue weighted by Gasteiger charge is 2.35. The summed E-state index contributed by atoms with van der Waals surface area (Å²) in [6, 6.07) is 18.4. The molecule has 0 N–H and O–H groups in total. The van der Waals surface area contributed by atoms with E-state index < -0.39 is 0 Å². The molecule has 0 saturated carbocycles. The first-order valence-electron chi connectivity index (χ1n) is 14.0. The van der Waals surface area contributed by atoms with Gasteiger partial charge in [0.15, 0.2) is 6.20 Å². The average molecular weight is 503 g/mol.